The van der Waals surface area contributed by atoms with Crippen molar-refractivity contribution in [2.45, 2.75) is 44.1 Å². The maximum absolute atomic E-state index is 12.3. The molecule has 1 aromatic rings. The van der Waals surface area contributed by atoms with Gasteiger partial charge in [0.25, 0.3) is 0 Å². The summed E-state index contributed by atoms with van der Waals surface area (Å²) in [4.78, 5) is 14.3. The molecule has 1 saturated heterocycles. The van der Waals surface area contributed by atoms with E-state index in [1.807, 2.05) is 11.9 Å². The van der Waals surface area contributed by atoms with Crippen LogP contribution < -0.4 is 5.32 Å². The maximum Gasteiger partial charge on any atom is 0.226 e. The van der Waals surface area contributed by atoms with Crippen LogP contribution in [0.25, 0.3) is 0 Å². The Morgan fingerprint density at radius 3 is 2.35 bits per heavy atom. The highest BCUT2D eigenvalue weighted by atomic mass is 16.2. The van der Waals surface area contributed by atoms with E-state index in [0.29, 0.717) is 12.5 Å². The van der Waals surface area contributed by atoms with Gasteiger partial charge in [-0.1, -0.05) is 24.3 Å². The van der Waals surface area contributed by atoms with Crippen molar-refractivity contribution >= 4 is 5.91 Å². The van der Waals surface area contributed by atoms with Gasteiger partial charge in [0.2, 0.25) is 5.91 Å². The summed E-state index contributed by atoms with van der Waals surface area (Å²) in [6.45, 7) is 1.79. The Hall–Kier alpha value is -1.35. The molecule has 3 nitrogen and oxygen atoms in total. The van der Waals surface area contributed by atoms with E-state index in [2.05, 4.69) is 29.6 Å². The van der Waals surface area contributed by atoms with Gasteiger partial charge in [-0.3, -0.25) is 4.79 Å². The molecule has 2 aliphatic rings. The van der Waals surface area contributed by atoms with Crippen molar-refractivity contribution < 1.29 is 4.79 Å². The highest BCUT2D eigenvalue weighted by Gasteiger charge is 2.24. The lowest BCUT2D eigenvalue weighted by Gasteiger charge is -2.31. The third-order valence-electron chi connectivity index (χ3n) is 4.64. The molecule has 1 aliphatic heterocycles. The Morgan fingerprint density at radius 1 is 1.15 bits per heavy atom. The molecule has 0 spiro atoms. The van der Waals surface area contributed by atoms with Crippen LogP contribution >= 0.6 is 0 Å². The summed E-state index contributed by atoms with van der Waals surface area (Å²) in [7, 11) is 2.00. The third kappa shape index (κ3) is 3.21. The van der Waals surface area contributed by atoms with Gasteiger partial charge in [-0.05, 0) is 49.8 Å². The molecule has 0 bridgehead atoms. The number of hydrogen-bond donors (Lipinski definition) is 1. The van der Waals surface area contributed by atoms with E-state index in [0.717, 1.165) is 37.4 Å². The van der Waals surface area contributed by atoms with E-state index in [1.165, 1.54) is 18.4 Å². The van der Waals surface area contributed by atoms with Crippen LogP contribution in [0, 0.1) is 0 Å². The van der Waals surface area contributed by atoms with Crippen LogP contribution in [0.1, 0.15) is 42.7 Å². The fourth-order valence-electron chi connectivity index (χ4n) is 3.03. The van der Waals surface area contributed by atoms with Crippen molar-refractivity contribution in [1.82, 2.24) is 10.2 Å². The van der Waals surface area contributed by atoms with E-state index >= 15 is 0 Å². The molecule has 20 heavy (non-hydrogen) atoms. The average molecular weight is 272 g/mol. The molecule has 0 aromatic heterocycles. The Kier molecular flexibility index (Phi) is 4.06. The first-order valence-electron chi connectivity index (χ1n) is 7.80. The van der Waals surface area contributed by atoms with Gasteiger partial charge in [-0.15, -0.1) is 0 Å². The summed E-state index contributed by atoms with van der Waals surface area (Å²) in [5, 5.41) is 3.30. The number of likely N-dealkylation sites (tertiary alicyclic amines) is 1. The zero-order valence-corrected chi connectivity index (χ0v) is 12.3. The van der Waals surface area contributed by atoms with E-state index in [-0.39, 0.29) is 5.91 Å². The van der Waals surface area contributed by atoms with Crippen molar-refractivity contribution in [2.24, 2.45) is 0 Å². The first kappa shape index (κ1) is 13.6. The topological polar surface area (TPSA) is 32.3 Å². The summed E-state index contributed by atoms with van der Waals surface area (Å²) in [6, 6.07) is 9.25. The molecule has 1 amide bonds. The first-order valence-corrected chi connectivity index (χ1v) is 7.80. The van der Waals surface area contributed by atoms with Gasteiger partial charge in [0.1, 0.15) is 0 Å². The zero-order chi connectivity index (χ0) is 13.9. The number of carbonyl (C=O) groups is 1. The number of hydrogen-bond acceptors (Lipinski definition) is 2. The maximum atomic E-state index is 12.3. The number of nitrogens with zero attached hydrogens (tertiary/aromatic N) is 1. The van der Waals surface area contributed by atoms with Crippen LogP contribution in [0.3, 0.4) is 0 Å². The number of piperidine rings is 1. The van der Waals surface area contributed by atoms with Gasteiger partial charge >= 0.3 is 0 Å². The van der Waals surface area contributed by atoms with Crippen LogP contribution in [0.2, 0.25) is 0 Å². The Balaban J connectivity index is 1.53. The van der Waals surface area contributed by atoms with Gasteiger partial charge < -0.3 is 10.2 Å². The molecule has 1 aromatic carbocycles. The number of benzene rings is 1. The van der Waals surface area contributed by atoms with Crippen molar-refractivity contribution in [3.05, 3.63) is 35.4 Å². The number of carbonyl (C=O) groups excluding carboxylic acids is 1. The molecule has 1 heterocycles. The highest BCUT2D eigenvalue weighted by molar-refractivity contribution is 5.78. The molecule has 0 unspecified atom stereocenters. The monoisotopic (exact) mass is 272 g/mol. The van der Waals surface area contributed by atoms with Crippen LogP contribution in [0.4, 0.5) is 0 Å². The van der Waals surface area contributed by atoms with Gasteiger partial charge in [0, 0.05) is 19.1 Å². The fraction of sp³-hybridized carbons (Fsp3) is 0.588. The lowest BCUT2D eigenvalue weighted by molar-refractivity contribution is -0.131. The Bertz CT molecular complexity index is 456. The molecule has 1 saturated carbocycles. The van der Waals surface area contributed by atoms with Crippen LogP contribution in [0.5, 0.6) is 0 Å². The van der Waals surface area contributed by atoms with Gasteiger partial charge in [0.05, 0.1) is 6.42 Å². The van der Waals surface area contributed by atoms with Crippen molar-refractivity contribution in [2.75, 3.05) is 20.1 Å². The molecule has 0 radical (unpaired) electrons. The van der Waals surface area contributed by atoms with E-state index < -0.39 is 0 Å². The molecule has 1 N–H and O–H groups in total. The third-order valence-corrected chi connectivity index (χ3v) is 4.64. The summed E-state index contributed by atoms with van der Waals surface area (Å²) in [5.41, 5.74) is 2.59. The number of rotatable bonds is 4. The predicted molar refractivity (Wildman–Crippen MR) is 80.8 cm³/mol. The van der Waals surface area contributed by atoms with Gasteiger partial charge in [-0.2, -0.15) is 0 Å². The van der Waals surface area contributed by atoms with Gasteiger partial charge in [0.15, 0.2) is 0 Å². The van der Waals surface area contributed by atoms with Gasteiger partial charge in [-0.25, -0.2) is 0 Å². The van der Waals surface area contributed by atoms with Crippen molar-refractivity contribution in [1.29, 1.82) is 0 Å². The number of amides is 1. The molecule has 3 rings (SSSR count). The normalized spacial score (nSPS) is 20.1. The van der Waals surface area contributed by atoms with Crippen LogP contribution in [-0.2, 0) is 11.2 Å². The molecule has 108 valence electrons. The summed E-state index contributed by atoms with van der Waals surface area (Å²) < 4.78 is 0. The summed E-state index contributed by atoms with van der Waals surface area (Å²) in [6.07, 6.45) is 5.36. The van der Waals surface area contributed by atoms with Crippen molar-refractivity contribution in [3.63, 3.8) is 0 Å². The quantitative estimate of drug-likeness (QED) is 0.912. The second-order valence-electron chi connectivity index (χ2n) is 6.14. The Labute approximate surface area is 121 Å². The number of nitrogens with one attached hydrogen (secondary N) is 1. The molecule has 0 atom stereocenters. The standard InChI is InChI=1S/C17H24N2O/c1-18-16-8-10-19(11-9-16)17(20)12-13-2-4-14(5-3-13)15-6-7-15/h2-5,15-16,18H,6-12H2,1H3. The molecular weight excluding hydrogens is 248 g/mol. The van der Waals surface area contributed by atoms with Crippen LogP contribution in [0.15, 0.2) is 24.3 Å². The smallest absolute Gasteiger partial charge is 0.226 e. The molecule has 2 fully saturated rings. The molecular formula is C17H24N2O. The molecule has 1 aliphatic carbocycles. The summed E-state index contributed by atoms with van der Waals surface area (Å²) >= 11 is 0. The second-order valence-corrected chi connectivity index (χ2v) is 6.14. The van der Waals surface area contributed by atoms with E-state index in [9.17, 15) is 4.79 Å². The minimum atomic E-state index is 0.277. The second kappa shape index (κ2) is 5.96. The average Bonchev–Trinajstić information content (AvgIpc) is 3.33. The first-order chi connectivity index (χ1) is 9.76. The molecule has 3 heteroatoms. The minimum Gasteiger partial charge on any atom is -0.342 e. The Morgan fingerprint density at radius 2 is 1.80 bits per heavy atom. The summed E-state index contributed by atoms with van der Waals surface area (Å²) in [5.74, 6) is 1.07. The van der Waals surface area contributed by atoms with E-state index in [1.54, 1.807) is 0 Å². The zero-order valence-electron chi connectivity index (χ0n) is 12.3. The predicted octanol–water partition coefficient (Wildman–Crippen LogP) is 2.32. The lowest BCUT2D eigenvalue weighted by Crippen LogP contribution is -2.44. The SMILES string of the molecule is CNC1CCN(C(=O)Cc2ccc(C3CC3)cc2)CC1. The fourth-order valence-corrected chi connectivity index (χ4v) is 3.03. The largest absolute Gasteiger partial charge is 0.342 e. The van der Waals surface area contributed by atoms with E-state index in [4.69, 9.17) is 0 Å². The van der Waals surface area contributed by atoms with Crippen LogP contribution in [-0.4, -0.2) is 37.0 Å². The minimum absolute atomic E-state index is 0.277. The van der Waals surface area contributed by atoms with Crippen molar-refractivity contribution in [3.8, 4) is 0 Å². The lowest BCUT2D eigenvalue weighted by atomic mass is 10.0. The highest BCUT2D eigenvalue weighted by Crippen LogP contribution is 2.39.